The van der Waals surface area contributed by atoms with Crippen molar-refractivity contribution in [3.05, 3.63) is 35.4 Å². The predicted octanol–water partition coefficient (Wildman–Crippen LogP) is 3.46. The SMILES string of the molecule is COCc1ccccc1CNC(=O)N[C@@H]1C[C@H]2C[C@H]1[C@H]1CCC[C@H]21. The third-order valence-electron chi connectivity index (χ3n) is 6.60. The summed E-state index contributed by atoms with van der Waals surface area (Å²) in [6.45, 7) is 1.13. The van der Waals surface area contributed by atoms with Gasteiger partial charge in [0.2, 0.25) is 0 Å². The Hall–Kier alpha value is -1.55. The van der Waals surface area contributed by atoms with E-state index in [0.717, 1.165) is 34.8 Å². The Labute approximate surface area is 144 Å². The first-order valence-corrected chi connectivity index (χ1v) is 9.36. The van der Waals surface area contributed by atoms with Gasteiger partial charge in [0, 0.05) is 19.7 Å². The minimum atomic E-state index is -0.0192. The molecule has 0 saturated heterocycles. The summed E-state index contributed by atoms with van der Waals surface area (Å²) in [6, 6.07) is 8.48. The Kier molecular flexibility index (Phi) is 4.49. The van der Waals surface area contributed by atoms with Crippen LogP contribution in [-0.4, -0.2) is 19.2 Å². The molecule has 1 aromatic rings. The molecule has 2 bridgehead atoms. The average Bonchev–Trinajstić information content (AvgIpc) is 3.27. The minimum absolute atomic E-state index is 0.0192. The second-order valence-corrected chi connectivity index (χ2v) is 7.79. The molecule has 0 spiro atoms. The van der Waals surface area contributed by atoms with Gasteiger partial charge >= 0.3 is 6.03 Å². The minimum Gasteiger partial charge on any atom is -0.380 e. The topological polar surface area (TPSA) is 50.4 Å². The van der Waals surface area contributed by atoms with E-state index in [2.05, 4.69) is 22.8 Å². The summed E-state index contributed by atoms with van der Waals surface area (Å²) < 4.78 is 5.23. The van der Waals surface area contributed by atoms with E-state index >= 15 is 0 Å². The van der Waals surface area contributed by atoms with Crippen LogP contribution in [0, 0.1) is 23.7 Å². The van der Waals surface area contributed by atoms with Gasteiger partial charge in [-0.3, -0.25) is 0 Å². The van der Waals surface area contributed by atoms with E-state index in [1.807, 2.05) is 12.1 Å². The third-order valence-corrected chi connectivity index (χ3v) is 6.60. The smallest absolute Gasteiger partial charge is 0.315 e. The molecule has 0 heterocycles. The van der Waals surface area contributed by atoms with Gasteiger partial charge in [0.15, 0.2) is 0 Å². The number of hydrogen-bond donors (Lipinski definition) is 2. The van der Waals surface area contributed by atoms with Crippen LogP contribution >= 0.6 is 0 Å². The molecule has 130 valence electrons. The Morgan fingerprint density at radius 2 is 1.92 bits per heavy atom. The zero-order valence-electron chi connectivity index (χ0n) is 14.5. The van der Waals surface area contributed by atoms with Gasteiger partial charge in [-0.25, -0.2) is 4.79 Å². The zero-order valence-corrected chi connectivity index (χ0v) is 14.5. The molecule has 3 aliphatic rings. The molecule has 1 aromatic carbocycles. The number of hydrogen-bond acceptors (Lipinski definition) is 2. The van der Waals surface area contributed by atoms with Gasteiger partial charge in [-0.15, -0.1) is 0 Å². The average molecular weight is 328 g/mol. The van der Waals surface area contributed by atoms with Gasteiger partial charge in [-0.05, 0) is 60.5 Å². The van der Waals surface area contributed by atoms with Crippen LogP contribution in [0.2, 0.25) is 0 Å². The number of ether oxygens (including phenoxy) is 1. The Morgan fingerprint density at radius 1 is 1.12 bits per heavy atom. The molecular formula is C20H28N2O2. The molecule has 4 heteroatoms. The first kappa shape index (κ1) is 15.9. The number of methoxy groups -OCH3 is 1. The molecule has 2 amide bonds. The van der Waals surface area contributed by atoms with Crippen molar-refractivity contribution in [3.63, 3.8) is 0 Å². The van der Waals surface area contributed by atoms with E-state index in [-0.39, 0.29) is 6.03 Å². The molecule has 24 heavy (non-hydrogen) atoms. The van der Waals surface area contributed by atoms with Crippen LogP contribution in [-0.2, 0) is 17.9 Å². The van der Waals surface area contributed by atoms with Crippen LogP contribution in [0.25, 0.3) is 0 Å². The molecule has 0 radical (unpaired) electrons. The number of fused-ring (bicyclic) bond motifs is 5. The zero-order chi connectivity index (χ0) is 16.5. The number of rotatable bonds is 5. The van der Waals surface area contributed by atoms with Crippen molar-refractivity contribution in [3.8, 4) is 0 Å². The van der Waals surface area contributed by atoms with Crippen molar-refractivity contribution in [2.24, 2.45) is 23.7 Å². The van der Waals surface area contributed by atoms with Crippen LogP contribution in [0.15, 0.2) is 24.3 Å². The van der Waals surface area contributed by atoms with E-state index in [0.29, 0.717) is 19.2 Å². The summed E-state index contributed by atoms with van der Waals surface area (Å²) in [5, 5.41) is 6.30. The number of nitrogens with one attached hydrogen (secondary N) is 2. The molecule has 4 nitrogen and oxygen atoms in total. The van der Waals surface area contributed by atoms with Crippen LogP contribution < -0.4 is 10.6 Å². The number of carbonyl (C=O) groups is 1. The van der Waals surface area contributed by atoms with Gasteiger partial charge in [0.05, 0.1) is 6.61 Å². The fraction of sp³-hybridized carbons (Fsp3) is 0.650. The van der Waals surface area contributed by atoms with E-state index in [1.165, 1.54) is 32.1 Å². The molecule has 3 saturated carbocycles. The highest BCUT2D eigenvalue weighted by atomic mass is 16.5. The maximum Gasteiger partial charge on any atom is 0.315 e. The molecule has 0 unspecified atom stereocenters. The van der Waals surface area contributed by atoms with Crippen molar-refractivity contribution >= 4 is 6.03 Å². The first-order valence-electron chi connectivity index (χ1n) is 9.36. The standard InChI is InChI=1S/C20H28N2O2/c1-24-12-14-6-3-2-5-13(14)11-21-20(23)22-19-10-15-9-18(19)17-8-4-7-16(15)17/h2-3,5-6,15-19H,4,7-12H2,1H3,(H2,21,22,23)/t15-,16-,17+,18+,19-/m1/s1. The largest absolute Gasteiger partial charge is 0.380 e. The highest BCUT2D eigenvalue weighted by Crippen LogP contribution is 2.58. The summed E-state index contributed by atoms with van der Waals surface area (Å²) in [5.41, 5.74) is 2.26. The van der Waals surface area contributed by atoms with E-state index in [9.17, 15) is 4.79 Å². The molecule has 0 aliphatic heterocycles. The van der Waals surface area contributed by atoms with Crippen LogP contribution in [0.3, 0.4) is 0 Å². The molecule has 4 rings (SSSR count). The Morgan fingerprint density at radius 3 is 2.75 bits per heavy atom. The number of urea groups is 1. The van der Waals surface area contributed by atoms with Gasteiger partial charge < -0.3 is 15.4 Å². The lowest BCUT2D eigenvalue weighted by molar-refractivity contribution is 0.183. The molecule has 3 fully saturated rings. The van der Waals surface area contributed by atoms with Crippen LogP contribution in [0.4, 0.5) is 4.79 Å². The molecule has 5 atom stereocenters. The Bertz CT molecular complexity index is 603. The van der Waals surface area contributed by atoms with E-state index in [4.69, 9.17) is 4.74 Å². The van der Waals surface area contributed by atoms with Gasteiger partial charge in [-0.2, -0.15) is 0 Å². The maximum atomic E-state index is 12.4. The van der Waals surface area contributed by atoms with E-state index < -0.39 is 0 Å². The fourth-order valence-corrected chi connectivity index (χ4v) is 5.66. The van der Waals surface area contributed by atoms with Crippen molar-refractivity contribution in [2.75, 3.05) is 7.11 Å². The highest BCUT2D eigenvalue weighted by molar-refractivity contribution is 5.74. The lowest BCUT2D eigenvalue weighted by Gasteiger charge is -2.32. The second-order valence-electron chi connectivity index (χ2n) is 7.79. The van der Waals surface area contributed by atoms with Gasteiger partial charge in [0.1, 0.15) is 0 Å². The van der Waals surface area contributed by atoms with E-state index in [1.54, 1.807) is 7.11 Å². The first-order chi connectivity index (χ1) is 11.8. The molecular weight excluding hydrogens is 300 g/mol. The Balaban J connectivity index is 1.30. The normalized spacial score (nSPS) is 33.5. The third kappa shape index (κ3) is 2.92. The lowest BCUT2D eigenvalue weighted by atomic mass is 9.79. The maximum absolute atomic E-state index is 12.4. The van der Waals surface area contributed by atoms with Crippen LogP contribution in [0.5, 0.6) is 0 Å². The number of amides is 2. The van der Waals surface area contributed by atoms with Crippen LogP contribution in [0.1, 0.15) is 43.2 Å². The molecule has 2 N–H and O–H groups in total. The van der Waals surface area contributed by atoms with Crippen molar-refractivity contribution < 1.29 is 9.53 Å². The second kappa shape index (κ2) is 6.75. The number of benzene rings is 1. The predicted molar refractivity (Wildman–Crippen MR) is 93.4 cm³/mol. The van der Waals surface area contributed by atoms with Crippen molar-refractivity contribution in [1.29, 1.82) is 0 Å². The van der Waals surface area contributed by atoms with Gasteiger partial charge in [0.25, 0.3) is 0 Å². The highest BCUT2D eigenvalue weighted by Gasteiger charge is 2.53. The number of carbonyl (C=O) groups excluding carboxylic acids is 1. The molecule has 3 aliphatic carbocycles. The lowest BCUT2D eigenvalue weighted by Crippen LogP contribution is -2.46. The van der Waals surface area contributed by atoms with Crippen molar-refractivity contribution in [2.45, 2.75) is 51.3 Å². The molecule has 0 aromatic heterocycles. The van der Waals surface area contributed by atoms with Crippen molar-refractivity contribution in [1.82, 2.24) is 10.6 Å². The van der Waals surface area contributed by atoms with Gasteiger partial charge in [-0.1, -0.05) is 30.7 Å². The fourth-order valence-electron chi connectivity index (χ4n) is 5.66. The summed E-state index contributed by atoms with van der Waals surface area (Å²) in [4.78, 5) is 12.4. The summed E-state index contributed by atoms with van der Waals surface area (Å²) in [6.07, 6.45) is 6.76. The monoisotopic (exact) mass is 328 g/mol. The quantitative estimate of drug-likeness (QED) is 0.870. The summed E-state index contributed by atoms with van der Waals surface area (Å²) >= 11 is 0. The summed E-state index contributed by atoms with van der Waals surface area (Å²) in [7, 11) is 1.70. The summed E-state index contributed by atoms with van der Waals surface area (Å²) in [5.74, 6) is 3.46.